The number of halogens is 1. The van der Waals surface area contributed by atoms with E-state index in [2.05, 4.69) is 9.97 Å². The molecule has 1 fully saturated rings. The number of ether oxygens (including phenoxy) is 1. The molecule has 3 heterocycles. The molecule has 1 atom stereocenters. The van der Waals surface area contributed by atoms with E-state index in [0.29, 0.717) is 30.3 Å². The number of pyridine rings is 2. The van der Waals surface area contributed by atoms with Crippen LogP contribution in [-0.4, -0.2) is 40.5 Å². The van der Waals surface area contributed by atoms with E-state index in [0.717, 1.165) is 16.8 Å². The molecule has 4 rings (SSSR count). The fraction of sp³-hybridized carbons (Fsp3) is 0.190. The first kappa shape index (κ1) is 17.6. The summed E-state index contributed by atoms with van der Waals surface area (Å²) in [5, 5.41) is 0.691. The molecule has 0 saturated carbocycles. The van der Waals surface area contributed by atoms with Crippen LogP contribution in [0.5, 0.6) is 0 Å². The van der Waals surface area contributed by atoms with Crippen LogP contribution in [-0.2, 0) is 4.74 Å². The molecule has 1 aliphatic rings. The van der Waals surface area contributed by atoms with E-state index in [4.69, 9.17) is 16.3 Å². The molecule has 1 aliphatic heterocycles. The fourth-order valence-corrected chi connectivity index (χ4v) is 3.31. The monoisotopic (exact) mass is 379 g/mol. The number of morpholine rings is 1. The van der Waals surface area contributed by atoms with E-state index in [1.165, 1.54) is 0 Å². The summed E-state index contributed by atoms with van der Waals surface area (Å²) in [7, 11) is 0. The number of hydrogen-bond donors (Lipinski definition) is 0. The van der Waals surface area contributed by atoms with Gasteiger partial charge in [0.25, 0.3) is 5.91 Å². The molecule has 1 aromatic carbocycles. The number of carbonyl (C=O) groups excluding carboxylic acids is 1. The molecule has 1 saturated heterocycles. The summed E-state index contributed by atoms with van der Waals surface area (Å²) in [6, 6.07) is 15.1. The highest BCUT2D eigenvalue weighted by molar-refractivity contribution is 6.30. The van der Waals surface area contributed by atoms with Crippen LogP contribution in [0.2, 0.25) is 5.02 Å². The predicted octanol–water partition coefficient (Wildman–Crippen LogP) is 4.01. The van der Waals surface area contributed by atoms with Gasteiger partial charge in [-0.1, -0.05) is 29.8 Å². The topological polar surface area (TPSA) is 55.3 Å². The smallest absolute Gasteiger partial charge is 0.255 e. The van der Waals surface area contributed by atoms with Gasteiger partial charge >= 0.3 is 0 Å². The molecule has 1 amide bonds. The lowest BCUT2D eigenvalue weighted by Gasteiger charge is -2.32. The zero-order valence-corrected chi connectivity index (χ0v) is 15.3. The van der Waals surface area contributed by atoms with Crippen molar-refractivity contribution in [3.63, 3.8) is 0 Å². The maximum atomic E-state index is 12.6. The highest BCUT2D eigenvalue weighted by Gasteiger charge is 2.27. The minimum atomic E-state index is -0.243. The van der Waals surface area contributed by atoms with Crippen molar-refractivity contribution in [2.75, 3.05) is 19.7 Å². The average molecular weight is 380 g/mol. The second-order valence-corrected chi connectivity index (χ2v) is 6.77. The largest absolute Gasteiger partial charge is 0.368 e. The Morgan fingerprint density at radius 2 is 2.04 bits per heavy atom. The van der Waals surface area contributed by atoms with Crippen LogP contribution in [0.3, 0.4) is 0 Å². The lowest BCUT2D eigenvalue weighted by atomic mass is 10.1. The number of hydrogen-bond acceptors (Lipinski definition) is 4. The number of amides is 1. The zero-order chi connectivity index (χ0) is 18.6. The fourth-order valence-electron chi connectivity index (χ4n) is 3.12. The van der Waals surface area contributed by atoms with Gasteiger partial charge in [0, 0.05) is 35.7 Å². The van der Waals surface area contributed by atoms with Gasteiger partial charge in [-0.25, -0.2) is 0 Å². The van der Waals surface area contributed by atoms with Crippen LogP contribution in [0.4, 0.5) is 0 Å². The lowest BCUT2D eigenvalue weighted by Crippen LogP contribution is -2.42. The number of rotatable bonds is 3. The van der Waals surface area contributed by atoms with Crippen molar-refractivity contribution < 1.29 is 9.53 Å². The highest BCUT2D eigenvalue weighted by atomic mass is 35.5. The van der Waals surface area contributed by atoms with Crippen molar-refractivity contribution in [2.24, 2.45) is 0 Å². The summed E-state index contributed by atoms with van der Waals surface area (Å²) in [4.78, 5) is 23.0. The summed E-state index contributed by atoms with van der Waals surface area (Å²) in [6.07, 6.45) is 4.81. The van der Waals surface area contributed by atoms with Gasteiger partial charge in [0.15, 0.2) is 0 Å². The molecule has 0 aliphatic carbocycles. The minimum Gasteiger partial charge on any atom is -0.368 e. The molecule has 0 spiro atoms. The Hall–Kier alpha value is -2.76. The normalized spacial score (nSPS) is 16.9. The SMILES string of the molecule is O=C(c1cccnc1)N1CCOC(c2ccc(-c3cccc(Cl)c3)cn2)C1. The first-order chi connectivity index (χ1) is 13.2. The third kappa shape index (κ3) is 3.99. The van der Waals surface area contributed by atoms with Crippen LogP contribution < -0.4 is 0 Å². The summed E-state index contributed by atoms with van der Waals surface area (Å²) < 4.78 is 5.85. The van der Waals surface area contributed by atoms with Gasteiger partial charge in [0.1, 0.15) is 6.10 Å². The number of benzene rings is 1. The van der Waals surface area contributed by atoms with E-state index in [1.54, 1.807) is 29.4 Å². The lowest BCUT2D eigenvalue weighted by molar-refractivity contribution is -0.0247. The van der Waals surface area contributed by atoms with Gasteiger partial charge in [0.2, 0.25) is 0 Å². The Balaban J connectivity index is 1.49. The molecule has 0 N–H and O–H groups in total. The maximum Gasteiger partial charge on any atom is 0.255 e. The second kappa shape index (κ2) is 7.86. The highest BCUT2D eigenvalue weighted by Crippen LogP contribution is 2.26. The van der Waals surface area contributed by atoms with Crippen molar-refractivity contribution in [2.45, 2.75) is 6.10 Å². The molecule has 136 valence electrons. The Labute approximate surface area is 162 Å². The second-order valence-electron chi connectivity index (χ2n) is 6.33. The summed E-state index contributed by atoms with van der Waals surface area (Å²) >= 11 is 6.06. The van der Waals surface area contributed by atoms with Crippen molar-refractivity contribution in [3.05, 3.63) is 83.4 Å². The molecular weight excluding hydrogens is 362 g/mol. The first-order valence-corrected chi connectivity index (χ1v) is 9.11. The van der Waals surface area contributed by atoms with E-state index in [1.807, 2.05) is 42.6 Å². The average Bonchev–Trinajstić information content (AvgIpc) is 2.74. The quantitative estimate of drug-likeness (QED) is 0.690. The Morgan fingerprint density at radius 3 is 2.78 bits per heavy atom. The third-order valence-corrected chi connectivity index (χ3v) is 4.77. The standard InChI is InChI=1S/C21H18ClN3O2/c22-18-5-1-3-15(11-18)16-6-7-19(24-13-16)20-14-25(9-10-27-20)21(26)17-4-2-8-23-12-17/h1-8,11-13,20H,9-10,14H2. The van der Waals surface area contributed by atoms with E-state index in [-0.39, 0.29) is 12.0 Å². The molecule has 6 heteroatoms. The van der Waals surface area contributed by atoms with Gasteiger partial charge in [0.05, 0.1) is 24.4 Å². The number of carbonyl (C=O) groups is 1. The summed E-state index contributed by atoms with van der Waals surface area (Å²) in [5.74, 6) is -0.0352. The van der Waals surface area contributed by atoms with Crippen molar-refractivity contribution in [1.82, 2.24) is 14.9 Å². The molecule has 3 aromatic rings. The van der Waals surface area contributed by atoms with E-state index >= 15 is 0 Å². The van der Waals surface area contributed by atoms with Crippen LogP contribution in [0.25, 0.3) is 11.1 Å². The third-order valence-electron chi connectivity index (χ3n) is 4.54. The molecular formula is C21H18ClN3O2. The summed E-state index contributed by atoms with van der Waals surface area (Å²) in [5.41, 5.74) is 3.40. The van der Waals surface area contributed by atoms with Crippen molar-refractivity contribution >= 4 is 17.5 Å². The van der Waals surface area contributed by atoms with Gasteiger partial charge in [-0.15, -0.1) is 0 Å². The predicted molar refractivity (Wildman–Crippen MR) is 104 cm³/mol. The van der Waals surface area contributed by atoms with Crippen molar-refractivity contribution in [3.8, 4) is 11.1 Å². The van der Waals surface area contributed by atoms with Crippen LogP contribution in [0.15, 0.2) is 67.1 Å². The molecule has 0 bridgehead atoms. The molecule has 5 nitrogen and oxygen atoms in total. The van der Waals surface area contributed by atoms with Gasteiger partial charge in [-0.3, -0.25) is 14.8 Å². The summed E-state index contributed by atoms with van der Waals surface area (Å²) in [6.45, 7) is 1.51. The van der Waals surface area contributed by atoms with Gasteiger partial charge in [-0.2, -0.15) is 0 Å². The molecule has 0 radical (unpaired) electrons. The molecule has 27 heavy (non-hydrogen) atoms. The first-order valence-electron chi connectivity index (χ1n) is 8.73. The Kier molecular flexibility index (Phi) is 5.14. The molecule has 1 unspecified atom stereocenters. The van der Waals surface area contributed by atoms with Crippen LogP contribution >= 0.6 is 11.6 Å². The number of aromatic nitrogens is 2. The minimum absolute atomic E-state index is 0.0352. The number of nitrogens with zero attached hydrogens (tertiary/aromatic N) is 3. The van der Waals surface area contributed by atoms with Crippen molar-refractivity contribution in [1.29, 1.82) is 0 Å². The maximum absolute atomic E-state index is 12.6. The van der Waals surface area contributed by atoms with E-state index in [9.17, 15) is 4.79 Å². The van der Waals surface area contributed by atoms with Gasteiger partial charge < -0.3 is 9.64 Å². The zero-order valence-electron chi connectivity index (χ0n) is 14.6. The Bertz CT molecular complexity index is 932. The van der Waals surface area contributed by atoms with Crippen LogP contribution in [0.1, 0.15) is 22.2 Å². The molecule has 2 aromatic heterocycles. The Morgan fingerprint density at radius 1 is 1.11 bits per heavy atom. The van der Waals surface area contributed by atoms with E-state index < -0.39 is 0 Å². The van der Waals surface area contributed by atoms with Gasteiger partial charge in [-0.05, 0) is 35.9 Å². The van der Waals surface area contributed by atoms with Crippen LogP contribution in [0, 0.1) is 0 Å².